The number of halogens is 1. The molecule has 1 aliphatic heterocycles. The van der Waals surface area contributed by atoms with Crippen LogP contribution in [-0.2, 0) is 14.3 Å². The summed E-state index contributed by atoms with van der Waals surface area (Å²) in [7, 11) is 0. The maximum atomic E-state index is 13.3. The first-order valence-corrected chi connectivity index (χ1v) is 9.67. The summed E-state index contributed by atoms with van der Waals surface area (Å²) in [6.07, 6.45) is 0. The lowest BCUT2D eigenvalue weighted by molar-refractivity contribution is -0.120. The van der Waals surface area contributed by atoms with Crippen LogP contribution in [-0.4, -0.2) is 30.9 Å². The first kappa shape index (κ1) is 20.6. The number of nitrogens with zero attached hydrogens (tertiary/aromatic N) is 2. The second kappa shape index (κ2) is 8.49. The lowest BCUT2D eigenvalue weighted by atomic mass is 10.1. The van der Waals surface area contributed by atoms with Gasteiger partial charge in [-0.05, 0) is 50.6 Å². The summed E-state index contributed by atoms with van der Waals surface area (Å²) in [6.45, 7) is 6.10. The van der Waals surface area contributed by atoms with E-state index in [1.807, 2.05) is 38.1 Å². The molecule has 2 aromatic carbocycles. The van der Waals surface area contributed by atoms with Gasteiger partial charge in [0.2, 0.25) is 0 Å². The van der Waals surface area contributed by atoms with Crippen LogP contribution in [0.2, 0.25) is 0 Å². The Labute approximate surface area is 174 Å². The average Bonchev–Trinajstić information content (AvgIpc) is 2.92. The molecule has 0 fully saturated rings. The molecule has 0 radical (unpaired) electrons. The highest BCUT2D eigenvalue weighted by Gasteiger charge is 2.42. The fourth-order valence-electron chi connectivity index (χ4n) is 3.26. The van der Waals surface area contributed by atoms with Crippen LogP contribution in [0.3, 0.4) is 0 Å². The van der Waals surface area contributed by atoms with Crippen molar-refractivity contribution in [2.75, 3.05) is 23.0 Å². The van der Waals surface area contributed by atoms with Gasteiger partial charge >= 0.3 is 5.97 Å². The number of anilines is 2. The zero-order valence-corrected chi connectivity index (χ0v) is 17.2. The second-order valence-corrected chi connectivity index (χ2v) is 6.81. The Morgan fingerprint density at radius 2 is 1.79 bits per heavy atom. The fourth-order valence-corrected chi connectivity index (χ4v) is 3.53. The van der Waals surface area contributed by atoms with Crippen molar-refractivity contribution >= 4 is 40.8 Å². The largest absolute Gasteiger partial charge is 0.462 e. The molecule has 0 aromatic heterocycles. The van der Waals surface area contributed by atoms with Crippen molar-refractivity contribution in [2.45, 2.75) is 20.8 Å². The van der Waals surface area contributed by atoms with Crippen molar-refractivity contribution in [3.05, 3.63) is 70.4 Å². The minimum absolute atomic E-state index is 0.0865. The molecule has 6 nitrogen and oxygen atoms in total. The van der Waals surface area contributed by atoms with E-state index in [0.29, 0.717) is 6.54 Å². The number of benzene rings is 2. The van der Waals surface area contributed by atoms with Crippen molar-refractivity contribution in [1.82, 2.24) is 0 Å². The molecule has 29 heavy (non-hydrogen) atoms. The molecule has 2 amide bonds. The van der Waals surface area contributed by atoms with E-state index >= 15 is 0 Å². The predicted octanol–water partition coefficient (Wildman–Crippen LogP) is 4.02. The predicted molar refractivity (Wildman–Crippen MR) is 112 cm³/mol. The van der Waals surface area contributed by atoms with Crippen LogP contribution in [0, 0.1) is 6.92 Å². The third-order valence-corrected chi connectivity index (χ3v) is 4.88. The summed E-state index contributed by atoms with van der Waals surface area (Å²) in [6, 6.07) is 13.9. The van der Waals surface area contributed by atoms with Crippen LogP contribution in [0.25, 0.3) is 0 Å². The van der Waals surface area contributed by atoms with Gasteiger partial charge in [0, 0.05) is 12.2 Å². The molecule has 0 N–H and O–H groups in total. The van der Waals surface area contributed by atoms with Gasteiger partial charge in [-0.25, -0.2) is 9.69 Å². The molecule has 0 atom stereocenters. The van der Waals surface area contributed by atoms with Gasteiger partial charge in [-0.15, -0.1) is 0 Å². The molecule has 0 saturated carbocycles. The molecule has 1 aliphatic rings. The number of esters is 1. The minimum atomic E-state index is -0.672. The molecule has 7 heteroatoms. The van der Waals surface area contributed by atoms with Crippen LogP contribution in [0.1, 0.15) is 29.8 Å². The highest BCUT2D eigenvalue weighted by atomic mass is 35.5. The molecule has 0 bridgehead atoms. The number of hydrogen-bond acceptors (Lipinski definition) is 5. The van der Waals surface area contributed by atoms with Crippen LogP contribution in [0.5, 0.6) is 0 Å². The van der Waals surface area contributed by atoms with Crippen molar-refractivity contribution in [2.24, 2.45) is 0 Å². The number of para-hydroxylation sites is 1. The summed E-state index contributed by atoms with van der Waals surface area (Å²) in [5.74, 6) is -1.87. The van der Waals surface area contributed by atoms with E-state index in [1.54, 1.807) is 24.0 Å². The monoisotopic (exact) mass is 412 g/mol. The lowest BCUT2D eigenvalue weighted by Gasteiger charge is -2.25. The number of amides is 2. The fraction of sp³-hybridized carbons (Fsp3) is 0.227. The highest BCUT2D eigenvalue weighted by Crippen LogP contribution is 2.35. The Balaban J connectivity index is 2.05. The first-order valence-electron chi connectivity index (χ1n) is 9.29. The van der Waals surface area contributed by atoms with Gasteiger partial charge in [-0.3, -0.25) is 9.59 Å². The van der Waals surface area contributed by atoms with E-state index in [4.69, 9.17) is 16.3 Å². The molecule has 0 spiro atoms. The number of ether oxygens (including phenoxy) is 1. The SMILES string of the molecule is CCOC(=O)c1ccccc1N1C(=O)C(Cl)=C(N(CC)c2cccc(C)c2)C1=O. The van der Waals surface area contributed by atoms with Crippen LogP contribution in [0.15, 0.2) is 59.3 Å². The zero-order chi connectivity index (χ0) is 21.1. The maximum Gasteiger partial charge on any atom is 0.340 e. The molecule has 1 heterocycles. The molecule has 3 rings (SSSR count). The Kier molecular flexibility index (Phi) is 6.03. The van der Waals surface area contributed by atoms with Crippen LogP contribution in [0.4, 0.5) is 11.4 Å². The van der Waals surface area contributed by atoms with Crippen molar-refractivity contribution in [1.29, 1.82) is 0 Å². The highest BCUT2D eigenvalue weighted by molar-refractivity contribution is 6.53. The number of carbonyl (C=O) groups excluding carboxylic acids is 3. The number of hydrogen-bond donors (Lipinski definition) is 0. The van der Waals surface area contributed by atoms with Gasteiger partial charge in [0.05, 0.1) is 17.9 Å². The standard InChI is InChI=1S/C22H21ClN2O4/c1-4-24(15-10-8-9-14(3)13-15)19-18(23)20(26)25(21(19)27)17-12-7-6-11-16(17)22(28)29-5-2/h6-13H,4-5H2,1-3H3. The van der Waals surface area contributed by atoms with Crippen molar-refractivity contribution in [3.8, 4) is 0 Å². The summed E-state index contributed by atoms with van der Waals surface area (Å²) in [5, 5.41) is -0.183. The normalized spacial score (nSPS) is 13.9. The summed E-state index contributed by atoms with van der Waals surface area (Å²) < 4.78 is 5.06. The van der Waals surface area contributed by atoms with E-state index in [-0.39, 0.29) is 28.6 Å². The topological polar surface area (TPSA) is 66.9 Å². The quantitative estimate of drug-likeness (QED) is 0.529. The summed E-state index contributed by atoms with van der Waals surface area (Å²) >= 11 is 6.33. The van der Waals surface area contributed by atoms with Gasteiger partial charge < -0.3 is 9.64 Å². The van der Waals surface area contributed by atoms with E-state index in [9.17, 15) is 14.4 Å². The number of aryl methyl sites for hydroxylation is 1. The zero-order valence-electron chi connectivity index (χ0n) is 16.4. The molecule has 2 aromatic rings. The van der Waals surface area contributed by atoms with Gasteiger partial charge in [0.25, 0.3) is 11.8 Å². The van der Waals surface area contributed by atoms with Crippen LogP contribution < -0.4 is 9.80 Å². The Morgan fingerprint density at radius 3 is 2.45 bits per heavy atom. The molecular formula is C22H21ClN2O4. The van der Waals surface area contributed by atoms with Crippen molar-refractivity contribution < 1.29 is 19.1 Å². The third-order valence-electron chi connectivity index (χ3n) is 4.54. The van der Waals surface area contributed by atoms with E-state index < -0.39 is 17.8 Å². The Hall–Kier alpha value is -3.12. The van der Waals surface area contributed by atoms with Gasteiger partial charge in [-0.1, -0.05) is 35.9 Å². The minimum Gasteiger partial charge on any atom is -0.462 e. The molecule has 150 valence electrons. The number of carbonyl (C=O) groups is 3. The van der Waals surface area contributed by atoms with Crippen LogP contribution >= 0.6 is 11.6 Å². The van der Waals surface area contributed by atoms with Crippen molar-refractivity contribution in [3.63, 3.8) is 0 Å². The lowest BCUT2D eigenvalue weighted by Crippen LogP contribution is -2.36. The number of rotatable bonds is 6. The van der Waals surface area contributed by atoms with Gasteiger partial charge in [0.15, 0.2) is 0 Å². The van der Waals surface area contributed by atoms with Gasteiger partial charge in [-0.2, -0.15) is 0 Å². The molecule has 0 unspecified atom stereocenters. The van der Waals surface area contributed by atoms with Gasteiger partial charge in [0.1, 0.15) is 10.7 Å². The third kappa shape index (κ3) is 3.76. The maximum absolute atomic E-state index is 13.3. The Morgan fingerprint density at radius 1 is 1.07 bits per heavy atom. The first-order chi connectivity index (χ1) is 13.9. The van der Waals surface area contributed by atoms with E-state index in [2.05, 4.69) is 0 Å². The summed E-state index contributed by atoms with van der Waals surface area (Å²) in [4.78, 5) is 41.2. The smallest absolute Gasteiger partial charge is 0.340 e. The number of imide groups is 1. The Bertz CT molecular complexity index is 1020. The average molecular weight is 413 g/mol. The van der Waals surface area contributed by atoms with E-state index in [1.165, 1.54) is 12.1 Å². The van der Waals surface area contributed by atoms with E-state index in [0.717, 1.165) is 16.2 Å². The number of likely N-dealkylation sites (N-methyl/N-ethyl adjacent to an activating group) is 1. The molecular weight excluding hydrogens is 392 g/mol. The second-order valence-electron chi connectivity index (χ2n) is 6.43. The molecule has 0 saturated heterocycles. The molecule has 0 aliphatic carbocycles. The summed E-state index contributed by atoms with van der Waals surface area (Å²) in [5.41, 5.74) is 2.12.